The van der Waals surface area contributed by atoms with Crippen molar-refractivity contribution in [3.63, 3.8) is 0 Å². The molecule has 122 valence electrons. The standard InChI is InChI=1S/C15H20F2N2O3/c1-9-5-6-18-8-11(9)19-14(20)10-3-4-12(21-2)13(7-10)22-15(16)17/h3-4,7,9,11,15,18H,5-6,8H2,1-2H3,(H,19,20). The molecular formula is C15H20F2N2O3. The molecule has 1 heterocycles. The predicted octanol–water partition coefficient (Wildman–Crippen LogP) is 2.02. The number of methoxy groups -OCH3 is 1. The van der Waals surface area contributed by atoms with Gasteiger partial charge in [0.1, 0.15) is 0 Å². The summed E-state index contributed by atoms with van der Waals surface area (Å²) < 4.78 is 34.1. The first-order valence-electron chi connectivity index (χ1n) is 7.15. The highest BCUT2D eigenvalue weighted by molar-refractivity contribution is 5.95. The number of benzene rings is 1. The molecule has 0 radical (unpaired) electrons. The number of carbonyl (C=O) groups excluding carboxylic acids is 1. The highest BCUT2D eigenvalue weighted by atomic mass is 19.3. The molecule has 0 bridgehead atoms. The van der Waals surface area contributed by atoms with Gasteiger partial charge in [0.2, 0.25) is 0 Å². The molecule has 5 nitrogen and oxygen atoms in total. The summed E-state index contributed by atoms with van der Waals surface area (Å²) in [4.78, 5) is 12.3. The fraction of sp³-hybridized carbons (Fsp3) is 0.533. The second-order valence-electron chi connectivity index (χ2n) is 5.29. The van der Waals surface area contributed by atoms with Crippen LogP contribution in [-0.4, -0.2) is 38.8 Å². The van der Waals surface area contributed by atoms with Gasteiger partial charge in [-0.3, -0.25) is 4.79 Å². The van der Waals surface area contributed by atoms with Crippen molar-refractivity contribution in [3.8, 4) is 11.5 Å². The molecular weight excluding hydrogens is 294 g/mol. The minimum Gasteiger partial charge on any atom is -0.493 e. The van der Waals surface area contributed by atoms with Gasteiger partial charge in [-0.2, -0.15) is 8.78 Å². The van der Waals surface area contributed by atoms with Crippen molar-refractivity contribution in [3.05, 3.63) is 23.8 Å². The smallest absolute Gasteiger partial charge is 0.387 e. The van der Waals surface area contributed by atoms with E-state index in [0.717, 1.165) is 13.0 Å². The summed E-state index contributed by atoms with van der Waals surface area (Å²) in [5.41, 5.74) is 0.259. The molecule has 1 amide bonds. The highest BCUT2D eigenvalue weighted by Crippen LogP contribution is 2.29. The Kier molecular flexibility index (Phi) is 5.54. The zero-order valence-corrected chi connectivity index (χ0v) is 12.6. The lowest BCUT2D eigenvalue weighted by molar-refractivity contribution is -0.0512. The Labute approximate surface area is 128 Å². The van der Waals surface area contributed by atoms with Crippen LogP contribution in [0.25, 0.3) is 0 Å². The van der Waals surface area contributed by atoms with Gasteiger partial charge in [0.25, 0.3) is 5.91 Å². The summed E-state index contributed by atoms with van der Waals surface area (Å²) in [5, 5.41) is 6.14. The average molecular weight is 314 g/mol. The van der Waals surface area contributed by atoms with Crippen LogP contribution in [0.1, 0.15) is 23.7 Å². The maximum atomic E-state index is 12.4. The second-order valence-corrected chi connectivity index (χ2v) is 5.29. The third kappa shape index (κ3) is 4.07. The molecule has 0 aromatic heterocycles. The van der Waals surface area contributed by atoms with E-state index in [9.17, 15) is 13.6 Å². The zero-order chi connectivity index (χ0) is 16.1. The van der Waals surface area contributed by atoms with Crippen molar-refractivity contribution in [2.24, 2.45) is 5.92 Å². The lowest BCUT2D eigenvalue weighted by Crippen LogP contribution is -2.50. The van der Waals surface area contributed by atoms with E-state index in [1.165, 1.54) is 25.3 Å². The molecule has 0 aliphatic carbocycles. The number of nitrogens with one attached hydrogen (secondary N) is 2. The molecule has 0 spiro atoms. The van der Waals surface area contributed by atoms with Crippen LogP contribution in [0.5, 0.6) is 11.5 Å². The topological polar surface area (TPSA) is 59.6 Å². The molecule has 1 aliphatic heterocycles. The number of piperidine rings is 1. The van der Waals surface area contributed by atoms with Gasteiger partial charge in [0, 0.05) is 18.2 Å². The number of amides is 1. The Balaban J connectivity index is 2.11. The van der Waals surface area contributed by atoms with Crippen molar-refractivity contribution >= 4 is 5.91 Å². The number of alkyl halides is 2. The first-order chi connectivity index (χ1) is 10.5. The van der Waals surface area contributed by atoms with Crippen LogP contribution >= 0.6 is 0 Å². The van der Waals surface area contributed by atoms with E-state index in [-0.39, 0.29) is 29.0 Å². The summed E-state index contributed by atoms with van der Waals surface area (Å²) in [6.07, 6.45) is 0.979. The Morgan fingerprint density at radius 3 is 2.82 bits per heavy atom. The van der Waals surface area contributed by atoms with Crippen LogP contribution in [0.4, 0.5) is 8.78 Å². The van der Waals surface area contributed by atoms with E-state index in [1.807, 2.05) is 0 Å². The van der Waals surface area contributed by atoms with Crippen LogP contribution in [0, 0.1) is 5.92 Å². The summed E-state index contributed by atoms with van der Waals surface area (Å²) in [6, 6.07) is 4.24. The third-order valence-corrected chi connectivity index (χ3v) is 3.79. The van der Waals surface area contributed by atoms with E-state index in [1.54, 1.807) is 0 Å². The molecule has 1 aliphatic rings. The molecule has 1 aromatic carbocycles. The summed E-state index contributed by atoms with van der Waals surface area (Å²) in [5.74, 6) is 0.0482. The minimum absolute atomic E-state index is 0.0165. The lowest BCUT2D eigenvalue weighted by Gasteiger charge is -2.30. The van der Waals surface area contributed by atoms with Gasteiger partial charge in [0.15, 0.2) is 11.5 Å². The van der Waals surface area contributed by atoms with Crippen molar-refractivity contribution in [2.75, 3.05) is 20.2 Å². The summed E-state index contributed by atoms with van der Waals surface area (Å²) in [6.45, 7) is 0.728. The van der Waals surface area contributed by atoms with Crippen LogP contribution in [-0.2, 0) is 0 Å². The highest BCUT2D eigenvalue weighted by Gasteiger charge is 2.23. The van der Waals surface area contributed by atoms with Crippen LogP contribution in [0.15, 0.2) is 18.2 Å². The molecule has 2 atom stereocenters. The first-order valence-corrected chi connectivity index (χ1v) is 7.15. The van der Waals surface area contributed by atoms with Crippen LogP contribution in [0.2, 0.25) is 0 Å². The Morgan fingerprint density at radius 2 is 2.18 bits per heavy atom. The molecule has 2 rings (SSSR count). The molecule has 22 heavy (non-hydrogen) atoms. The van der Waals surface area contributed by atoms with E-state index in [2.05, 4.69) is 22.3 Å². The molecule has 1 fully saturated rings. The second kappa shape index (κ2) is 7.40. The Bertz CT molecular complexity index is 526. The van der Waals surface area contributed by atoms with Crippen LogP contribution < -0.4 is 20.1 Å². The lowest BCUT2D eigenvalue weighted by atomic mass is 9.94. The number of ether oxygens (including phenoxy) is 2. The number of carbonyl (C=O) groups is 1. The number of halogens is 2. The van der Waals surface area contributed by atoms with E-state index in [4.69, 9.17) is 4.74 Å². The largest absolute Gasteiger partial charge is 0.493 e. The van der Waals surface area contributed by atoms with Crippen molar-refractivity contribution in [1.82, 2.24) is 10.6 Å². The molecule has 7 heteroatoms. The maximum absolute atomic E-state index is 12.4. The number of rotatable bonds is 5. The van der Waals surface area contributed by atoms with Gasteiger partial charge in [-0.25, -0.2) is 0 Å². The predicted molar refractivity (Wildman–Crippen MR) is 77.5 cm³/mol. The molecule has 2 N–H and O–H groups in total. The number of hydrogen-bond acceptors (Lipinski definition) is 4. The summed E-state index contributed by atoms with van der Waals surface area (Å²) >= 11 is 0. The van der Waals surface area contributed by atoms with E-state index < -0.39 is 6.61 Å². The van der Waals surface area contributed by atoms with Gasteiger partial charge in [-0.15, -0.1) is 0 Å². The van der Waals surface area contributed by atoms with Gasteiger partial charge >= 0.3 is 6.61 Å². The SMILES string of the molecule is COc1ccc(C(=O)NC2CNCCC2C)cc1OC(F)F. The monoisotopic (exact) mass is 314 g/mol. The average Bonchev–Trinajstić information content (AvgIpc) is 2.49. The third-order valence-electron chi connectivity index (χ3n) is 3.79. The molecule has 1 aromatic rings. The first kappa shape index (κ1) is 16.5. The van der Waals surface area contributed by atoms with E-state index in [0.29, 0.717) is 12.5 Å². The normalized spacial score (nSPS) is 21.5. The minimum atomic E-state index is -2.98. The fourth-order valence-corrected chi connectivity index (χ4v) is 2.44. The van der Waals surface area contributed by atoms with Gasteiger partial charge < -0.3 is 20.1 Å². The van der Waals surface area contributed by atoms with Gasteiger partial charge in [-0.05, 0) is 37.1 Å². The molecule has 1 saturated heterocycles. The Hall–Kier alpha value is -1.89. The van der Waals surface area contributed by atoms with E-state index >= 15 is 0 Å². The quantitative estimate of drug-likeness (QED) is 0.873. The molecule has 2 unspecified atom stereocenters. The summed E-state index contributed by atoms with van der Waals surface area (Å²) in [7, 11) is 1.35. The van der Waals surface area contributed by atoms with Gasteiger partial charge in [0.05, 0.1) is 7.11 Å². The van der Waals surface area contributed by atoms with Crippen LogP contribution in [0.3, 0.4) is 0 Å². The maximum Gasteiger partial charge on any atom is 0.387 e. The number of hydrogen-bond donors (Lipinski definition) is 2. The fourth-order valence-electron chi connectivity index (χ4n) is 2.44. The van der Waals surface area contributed by atoms with Gasteiger partial charge in [-0.1, -0.05) is 6.92 Å². The van der Waals surface area contributed by atoms with Crippen molar-refractivity contribution in [1.29, 1.82) is 0 Å². The Morgan fingerprint density at radius 1 is 1.41 bits per heavy atom. The molecule has 0 saturated carbocycles. The zero-order valence-electron chi connectivity index (χ0n) is 12.6. The van der Waals surface area contributed by atoms with Crippen molar-refractivity contribution in [2.45, 2.75) is 26.0 Å². The van der Waals surface area contributed by atoms with Crippen molar-refractivity contribution < 1.29 is 23.0 Å².